The lowest BCUT2D eigenvalue weighted by Crippen LogP contribution is -2.35. The van der Waals surface area contributed by atoms with Crippen molar-refractivity contribution < 1.29 is 23.0 Å². The van der Waals surface area contributed by atoms with E-state index in [9.17, 15) is 13.6 Å². The van der Waals surface area contributed by atoms with Gasteiger partial charge in [0.2, 0.25) is 0 Å². The third-order valence-corrected chi connectivity index (χ3v) is 6.54. The van der Waals surface area contributed by atoms with Gasteiger partial charge in [0.1, 0.15) is 17.1 Å². The van der Waals surface area contributed by atoms with Crippen molar-refractivity contribution >= 4 is 23.0 Å². The van der Waals surface area contributed by atoms with Crippen LogP contribution in [0, 0.1) is 6.92 Å². The van der Waals surface area contributed by atoms with Gasteiger partial charge in [-0.25, -0.2) is 8.78 Å². The van der Waals surface area contributed by atoms with Crippen LogP contribution < -0.4 is 25.0 Å². The highest BCUT2D eigenvalue weighted by Crippen LogP contribution is 2.39. The normalized spacial score (nSPS) is 15.2. The second-order valence-corrected chi connectivity index (χ2v) is 9.80. The monoisotopic (exact) mass is 527 g/mol. The quantitative estimate of drug-likeness (QED) is 0.312. The van der Waals surface area contributed by atoms with Crippen LogP contribution in [0.3, 0.4) is 0 Å². The molecular weight excluding hydrogens is 488 g/mol. The predicted molar refractivity (Wildman–Crippen MR) is 150 cm³/mol. The molecule has 0 aliphatic carbocycles. The number of hydrogen-bond acceptors (Lipinski definition) is 5. The summed E-state index contributed by atoms with van der Waals surface area (Å²) < 4.78 is 37.8. The maximum absolute atomic E-state index is 13.4. The Morgan fingerprint density at radius 2 is 1.79 bits per heavy atom. The van der Waals surface area contributed by atoms with Crippen LogP contribution in [0.15, 0.2) is 48.2 Å². The van der Waals surface area contributed by atoms with E-state index in [-0.39, 0.29) is 17.1 Å². The molecule has 1 atom stereocenters. The van der Waals surface area contributed by atoms with E-state index >= 15 is 0 Å². The van der Waals surface area contributed by atoms with Crippen LogP contribution in [0.4, 0.5) is 20.2 Å². The molecule has 8 heteroatoms. The highest BCUT2D eigenvalue weighted by atomic mass is 19.3. The Morgan fingerprint density at radius 1 is 1.16 bits per heavy atom. The zero-order valence-electron chi connectivity index (χ0n) is 23.4. The zero-order valence-corrected chi connectivity index (χ0v) is 23.4. The first-order valence-corrected chi connectivity index (χ1v) is 13.0. The molecule has 0 fully saturated rings. The van der Waals surface area contributed by atoms with Crippen LogP contribution >= 0.6 is 0 Å². The average molecular weight is 528 g/mol. The Labute approximate surface area is 224 Å². The van der Waals surface area contributed by atoms with Crippen molar-refractivity contribution in [1.29, 1.82) is 0 Å². The second-order valence-electron chi connectivity index (χ2n) is 9.80. The fourth-order valence-electron chi connectivity index (χ4n) is 4.31. The summed E-state index contributed by atoms with van der Waals surface area (Å²) in [6.07, 6.45) is 7.42. The van der Waals surface area contributed by atoms with E-state index in [0.29, 0.717) is 11.7 Å². The van der Waals surface area contributed by atoms with Gasteiger partial charge < -0.3 is 25.0 Å². The van der Waals surface area contributed by atoms with Crippen molar-refractivity contribution in [3.8, 4) is 11.5 Å². The first kappa shape index (κ1) is 29.0. The number of nitrogens with one attached hydrogen (secondary N) is 2. The molecule has 6 nitrogen and oxygen atoms in total. The number of rotatable bonds is 12. The van der Waals surface area contributed by atoms with Crippen molar-refractivity contribution in [2.24, 2.45) is 0 Å². The van der Waals surface area contributed by atoms with Crippen LogP contribution in [0.5, 0.6) is 11.5 Å². The number of carbonyl (C=O) groups is 1. The van der Waals surface area contributed by atoms with E-state index in [4.69, 9.17) is 9.47 Å². The summed E-state index contributed by atoms with van der Waals surface area (Å²) in [6, 6.07) is 10.2. The number of aryl methyl sites for hydroxylation is 1. The topological polar surface area (TPSA) is 62.8 Å². The summed E-state index contributed by atoms with van der Waals surface area (Å²) in [5.41, 5.74) is 6.21. The van der Waals surface area contributed by atoms with Gasteiger partial charge in [0.25, 0.3) is 11.8 Å². The van der Waals surface area contributed by atoms with Crippen LogP contribution in [-0.2, 0) is 0 Å². The molecule has 3 rings (SSSR count). The molecule has 0 saturated heterocycles. The Balaban J connectivity index is 2.05. The van der Waals surface area contributed by atoms with Crippen molar-refractivity contribution in [2.45, 2.75) is 65.8 Å². The van der Waals surface area contributed by atoms with E-state index in [1.54, 1.807) is 12.1 Å². The van der Waals surface area contributed by atoms with Gasteiger partial charge in [0, 0.05) is 42.7 Å². The fraction of sp³-hybridized carbons (Fsp3) is 0.433. The SMILES string of the molecule is CCC[C@@H]1C=C(c2ccc(N(/C=C(/C)CC)c3cc(OC)c(C(=O)NCC(C)(F)F)c(OC)c3)c(C)c2)N1. The summed E-state index contributed by atoms with van der Waals surface area (Å²) in [7, 11) is 2.87. The summed E-state index contributed by atoms with van der Waals surface area (Å²) >= 11 is 0. The van der Waals surface area contributed by atoms with E-state index in [1.807, 2.05) is 11.1 Å². The molecule has 0 aromatic heterocycles. The highest BCUT2D eigenvalue weighted by molar-refractivity contribution is 6.00. The standard InChI is InChI=1S/C30H39F2N3O3/c1-8-10-22-14-24(34-22)21-11-12-25(20(4)13-21)35(17-19(3)9-2)23-15-26(37-6)28(27(16-23)38-7)29(36)33-18-30(5,31)32/h11-17,22,34H,8-10,18H2,1-7H3,(H,33,36)/b19-17-/t22-/m1/s1. The number of benzene rings is 2. The minimum absolute atomic E-state index is 0.0656. The minimum Gasteiger partial charge on any atom is -0.496 e. The number of nitrogens with zero attached hydrogens (tertiary/aromatic N) is 1. The van der Waals surface area contributed by atoms with Crippen molar-refractivity contribution in [1.82, 2.24) is 10.6 Å². The third kappa shape index (κ3) is 6.85. The van der Waals surface area contributed by atoms with Crippen molar-refractivity contribution in [2.75, 3.05) is 25.7 Å². The van der Waals surface area contributed by atoms with Crippen molar-refractivity contribution in [3.05, 3.63) is 64.9 Å². The fourth-order valence-corrected chi connectivity index (χ4v) is 4.31. The molecule has 38 heavy (non-hydrogen) atoms. The lowest BCUT2D eigenvalue weighted by molar-refractivity contribution is 0.0220. The molecule has 1 aliphatic heterocycles. The average Bonchev–Trinajstić information content (AvgIpc) is 2.86. The molecule has 1 aliphatic rings. The number of ether oxygens (including phenoxy) is 2. The van der Waals surface area contributed by atoms with Gasteiger partial charge in [0.05, 0.1) is 26.5 Å². The smallest absolute Gasteiger partial charge is 0.262 e. The summed E-state index contributed by atoms with van der Waals surface area (Å²) in [4.78, 5) is 14.9. The number of allylic oxidation sites excluding steroid dienone is 1. The summed E-state index contributed by atoms with van der Waals surface area (Å²) in [5, 5.41) is 5.80. The second kappa shape index (κ2) is 12.3. The van der Waals surface area contributed by atoms with Gasteiger partial charge in [0.15, 0.2) is 0 Å². The molecular formula is C30H39F2N3O3. The number of amides is 1. The van der Waals surface area contributed by atoms with Gasteiger partial charge in [-0.15, -0.1) is 0 Å². The van der Waals surface area contributed by atoms with Gasteiger partial charge in [-0.2, -0.15) is 0 Å². The molecule has 2 aromatic rings. The molecule has 2 aromatic carbocycles. The van der Waals surface area contributed by atoms with Crippen LogP contribution in [0.2, 0.25) is 0 Å². The lowest BCUT2D eigenvalue weighted by Gasteiger charge is -2.30. The molecule has 0 unspecified atom stereocenters. The van der Waals surface area contributed by atoms with Crippen LogP contribution in [-0.4, -0.2) is 38.6 Å². The highest BCUT2D eigenvalue weighted by Gasteiger charge is 2.27. The molecule has 0 saturated carbocycles. The van der Waals surface area contributed by atoms with Gasteiger partial charge in [-0.1, -0.05) is 31.9 Å². The third-order valence-electron chi connectivity index (χ3n) is 6.54. The maximum atomic E-state index is 13.4. The molecule has 1 amide bonds. The molecule has 0 radical (unpaired) electrons. The Bertz CT molecular complexity index is 1190. The molecule has 206 valence electrons. The first-order chi connectivity index (χ1) is 18.0. The molecule has 0 spiro atoms. The van der Waals surface area contributed by atoms with E-state index in [2.05, 4.69) is 62.6 Å². The van der Waals surface area contributed by atoms with Crippen LogP contribution in [0.1, 0.15) is 68.4 Å². The van der Waals surface area contributed by atoms with E-state index < -0.39 is 18.4 Å². The zero-order chi connectivity index (χ0) is 28.0. The number of hydrogen-bond donors (Lipinski definition) is 2. The predicted octanol–water partition coefficient (Wildman–Crippen LogP) is 6.96. The van der Waals surface area contributed by atoms with E-state index in [1.165, 1.54) is 14.2 Å². The Hall–Kier alpha value is -3.55. The maximum Gasteiger partial charge on any atom is 0.262 e. The summed E-state index contributed by atoms with van der Waals surface area (Å²) in [6.45, 7) is 8.33. The molecule has 0 bridgehead atoms. The van der Waals surface area contributed by atoms with Gasteiger partial charge in [-0.05, 0) is 56.0 Å². The largest absolute Gasteiger partial charge is 0.496 e. The number of methoxy groups -OCH3 is 2. The number of alkyl halides is 2. The molecule has 1 heterocycles. The van der Waals surface area contributed by atoms with Gasteiger partial charge >= 0.3 is 0 Å². The number of anilines is 2. The van der Waals surface area contributed by atoms with E-state index in [0.717, 1.165) is 54.3 Å². The number of halogens is 2. The van der Waals surface area contributed by atoms with Crippen molar-refractivity contribution in [3.63, 3.8) is 0 Å². The Morgan fingerprint density at radius 3 is 2.29 bits per heavy atom. The minimum atomic E-state index is -3.04. The Kier molecular flexibility index (Phi) is 9.41. The lowest BCUT2D eigenvalue weighted by atomic mass is 9.97. The molecule has 2 N–H and O–H groups in total. The first-order valence-electron chi connectivity index (χ1n) is 13.0. The number of carbonyl (C=O) groups excluding carboxylic acids is 1. The summed E-state index contributed by atoms with van der Waals surface area (Å²) in [5.74, 6) is -3.28. The van der Waals surface area contributed by atoms with Gasteiger partial charge in [-0.3, -0.25) is 4.79 Å². The van der Waals surface area contributed by atoms with Crippen LogP contribution in [0.25, 0.3) is 5.70 Å².